The van der Waals surface area contributed by atoms with Crippen LogP contribution in [0.15, 0.2) is 204 Å². The van der Waals surface area contributed by atoms with Crippen LogP contribution in [0, 0.1) is 41.7 Å². The molecule has 1 unspecified atom stereocenters. The van der Waals surface area contributed by atoms with E-state index in [1.807, 2.05) is 93.2 Å². The third kappa shape index (κ3) is 9.89. The standard InChI is InChI=1S/2C27H27N3O.C27H25N3O.CH4/c1-26(2)22-15-14-21-23(18-10-6-4-7-11-18)30(20-12-8-5-9-13-20)29-24(21)27(22,3)16-19-17-28-31-25(19)26;2*1-26(2)22-16-15-20-23(18-11-7-5-8-12-18)30(19-13-9-6-10-14-19)29-24(20)27(22,3)17-21(28-4)25(26)31;/h4-13,17,22H,14-16H2,1-3H3;5-14,21-22H,15-17H2,1-3H3;5-14,17,22H,15-16H2,1-3H3;1H4/t22-,27-;21?,22-,27-;22-,27-;/m000./s1/i;;;1T. The van der Waals surface area contributed by atoms with Gasteiger partial charge in [-0.25, -0.2) is 25.5 Å². The molecule has 0 spiro atoms. The molecule has 12 nitrogen and oxygen atoms in total. The van der Waals surface area contributed by atoms with E-state index in [1.165, 1.54) is 46.6 Å². The number of Topliss-reactive ketones (excluding diaryl/α,β-unsaturated/α-hetero) is 2. The Labute approximate surface area is 554 Å². The van der Waals surface area contributed by atoms with Gasteiger partial charge in [-0.2, -0.15) is 15.3 Å². The van der Waals surface area contributed by atoms with E-state index in [0.717, 1.165) is 102 Å². The number of ketones is 2. The van der Waals surface area contributed by atoms with Gasteiger partial charge in [-0.15, -0.1) is 0 Å². The molecule has 0 aliphatic heterocycles. The maximum absolute atomic E-state index is 13.1. The van der Waals surface area contributed by atoms with Gasteiger partial charge in [0.1, 0.15) is 5.76 Å². The van der Waals surface area contributed by atoms with Crippen molar-refractivity contribution in [2.24, 2.45) is 28.6 Å². The van der Waals surface area contributed by atoms with Crippen molar-refractivity contribution in [3.8, 4) is 50.8 Å². The molecule has 6 aliphatic rings. The van der Waals surface area contributed by atoms with Gasteiger partial charge in [0.2, 0.25) is 11.5 Å². The maximum Gasteiger partial charge on any atom is 0.282 e. The lowest BCUT2D eigenvalue weighted by atomic mass is 9.50. The molecular formula is C82H83N9O3. The van der Waals surface area contributed by atoms with E-state index in [1.54, 1.807) is 0 Å². The fraction of sp³-hybridized carbons (Fsp3) is 0.341. The van der Waals surface area contributed by atoms with Crippen molar-refractivity contribution in [2.45, 2.75) is 149 Å². The first kappa shape index (κ1) is 61.7. The largest absolute Gasteiger partial charge is 0.361 e. The zero-order valence-corrected chi connectivity index (χ0v) is 55.7. The summed E-state index contributed by atoms with van der Waals surface area (Å²) in [6.07, 6.45) is 11.0. The summed E-state index contributed by atoms with van der Waals surface area (Å²) in [5.41, 5.74) is 16.8. The van der Waals surface area contributed by atoms with Crippen molar-refractivity contribution in [1.82, 2.24) is 34.5 Å². The molecule has 6 aromatic carbocycles. The van der Waals surface area contributed by atoms with Crippen LogP contribution >= 0.6 is 0 Å². The van der Waals surface area contributed by atoms with Gasteiger partial charge < -0.3 is 14.2 Å². The lowest BCUT2D eigenvalue weighted by Crippen LogP contribution is -2.56. The lowest BCUT2D eigenvalue weighted by Gasteiger charge is -2.51. The van der Waals surface area contributed by atoms with Gasteiger partial charge in [-0.1, -0.05) is 227 Å². The number of carbonyl (C=O) groups is 2. The third-order valence-corrected chi connectivity index (χ3v) is 22.5. The summed E-state index contributed by atoms with van der Waals surface area (Å²) in [5.74, 6) is 1.85. The first-order chi connectivity index (χ1) is 45.7. The number of aromatic nitrogens is 7. The van der Waals surface area contributed by atoms with E-state index in [0.29, 0.717) is 12.3 Å². The predicted molar refractivity (Wildman–Crippen MR) is 372 cm³/mol. The Bertz CT molecular complexity index is 4630. The molecule has 0 bridgehead atoms. The van der Waals surface area contributed by atoms with Crippen molar-refractivity contribution in [3.63, 3.8) is 0 Å². The molecule has 4 heterocycles. The smallest absolute Gasteiger partial charge is 0.282 e. The van der Waals surface area contributed by atoms with Crippen LogP contribution in [-0.2, 0) is 56.9 Å². The van der Waals surface area contributed by atoms with Crippen LogP contribution in [0.25, 0.3) is 60.5 Å². The monoisotopic (exact) mass is 1240 g/mol. The minimum absolute atomic E-state index is 0.0424. The molecule has 0 amide bonds. The lowest BCUT2D eigenvalue weighted by molar-refractivity contribution is -0.137. The summed E-state index contributed by atoms with van der Waals surface area (Å²) in [7, 11) is 1.25. The number of para-hydroxylation sites is 3. The first-order valence-corrected chi connectivity index (χ1v) is 32.9. The van der Waals surface area contributed by atoms with Gasteiger partial charge in [0, 0.05) is 79.2 Å². The molecule has 10 aromatic rings. The molecule has 6 aliphatic carbocycles. The third-order valence-electron chi connectivity index (χ3n) is 22.5. The number of allylic oxidation sites excluding steroid dienone is 2. The summed E-state index contributed by atoms with van der Waals surface area (Å²) < 4.78 is 17.8. The Balaban J connectivity index is 0.000000127. The molecular weight excluding hydrogens is 1160 g/mol. The predicted octanol–water partition coefficient (Wildman–Crippen LogP) is 17.9. The molecule has 94 heavy (non-hydrogen) atoms. The van der Waals surface area contributed by atoms with Crippen molar-refractivity contribution in [1.29, 1.82) is 0 Å². The number of nitrogens with zero attached hydrogens (tertiary/aromatic N) is 9. The Morgan fingerprint density at radius 3 is 1.31 bits per heavy atom. The van der Waals surface area contributed by atoms with Crippen LogP contribution in [0.1, 0.15) is 142 Å². The molecule has 1 saturated carbocycles. The summed E-state index contributed by atoms with van der Waals surface area (Å²) in [6.45, 7) is 34.8. The zero-order valence-electron chi connectivity index (χ0n) is 56.7. The van der Waals surface area contributed by atoms with Gasteiger partial charge >= 0.3 is 0 Å². The normalized spacial score (nSPS) is 24.6. The molecule has 0 saturated heterocycles. The number of benzene rings is 6. The van der Waals surface area contributed by atoms with Crippen LogP contribution < -0.4 is 0 Å². The summed E-state index contributed by atoms with van der Waals surface area (Å²) in [4.78, 5) is 33.4. The Kier molecular flexibility index (Phi) is 15.5. The second-order valence-electron chi connectivity index (χ2n) is 29.0. The molecule has 0 N–H and O–H groups in total. The zero-order chi connectivity index (χ0) is 66.8. The minimum atomic E-state index is -0.593. The number of carbonyl (C=O) groups excluding carboxylic acids is 2. The van der Waals surface area contributed by atoms with Gasteiger partial charge in [0.15, 0.2) is 5.78 Å². The van der Waals surface area contributed by atoms with Crippen LogP contribution in [0.3, 0.4) is 0 Å². The summed E-state index contributed by atoms with van der Waals surface area (Å²) >= 11 is 0. The summed E-state index contributed by atoms with van der Waals surface area (Å²) in [6, 6.07) is 61.9. The average molecular weight is 1240 g/mol. The second-order valence-corrected chi connectivity index (χ2v) is 29.0. The van der Waals surface area contributed by atoms with Crippen LogP contribution in [0.4, 0.5) is 0 Å². The van der Waals surface area contributed by atoms with Crippen molar-refractivity contribution in [3.05, 3.63) is 268 Å². The van der Waals surface area contributed by atoms with E-state index < -0.39 is 22.3 Å². The second kappa shape index (κ2) is 23.7. The Morgan fingerprint density at radius 1 is 0.500 bits per heavy atom. The van der Waals surface area contributed by atoms with E-state index in [9.17, 15) is 9.59 Å². The van der Waals surface area contributed by atoms with Gasteiger partial charge in [-0.05, 0) is 99.1 Å². The maximum atomic E-state index is 13.1. The number of fused-ring (bicyclic) bond motifs is 10. The molecule has 4 aromatic heterocycles. The number of rotatable bonds is 6. The van der Waals surface area contributed by atoms with Gasteiger partial charge in [0.05, 0.1) is 64.0 Å². The minimum Gasteiger partial charge on any atom is -0.361 e. The first-order valence-electron chi connectivity index (χ1n) is 33.9. The van der Waals surface area contributed by atoms with E-state index >= 15 is 0 Å². The van der Waals surface area contributed by atoms with E-state index in [4.69, 9.17) is 34.3 Å². The number of hydrogen-bond acceptors (Lipinski definition) is 7. The highest BCUT2D eigenvalue weighted by Gasteiger charge is 2.62. The highest BCUT2D eigenvalue weighted by molar-refractivity contribution is 6.03. The molecule has 474 valence electrons. The average Bonchev–Trinajstić information content (AvgIpc) is 1.66. The van der Waals surface area contributed by atoms with Crippen molar-refractivity contribution in [2.75, 3.05) is 0 Å². The van der Waals surface area contributed by atoms with Gasteiger partial charge in [0.25, 0.3) is 6.04 Å². The van der Waals surface area contributed by atoms with Crippen LogP contribution in [0.2, 0.25) is 0 Å². The summed E-state index contributed by atoms with van der Waals surface area (Å²) in [5, 5.41) is 19.9. The fourth-order valence-corrected chi connectivity index (χ4v) is 18.3. The highest BCUT2D eigenvalue weighted by atomic mass is 16.5. The number of hydrogen-bond donors (Lipinski definition) is 0. The highest BCUT2D eigenvalue weighted by Crippen LogP contribution is 2.60. The molecule has 0 radical (unpaired) electrons. The van der Waals surface area contributed by atoms with E-state index in [-0.39, 0.29) is 45.3 Å². The topological polar surface area (TPSA) is 122 Å². The van der Waals surface area contributed by atoms with Gasteiger partial charge in [-0.3, -0.25) is 4.79 Å². The molecule has 7 atom stereocenters. The quantitative estimate of drug-likeness (QED) is 0.152. The Hall–Kier alpha value is -9.78. The van der Waals surface area contributed by atoms with Crippen molar-refractivity contribution < 1.29 is 15.5 Å². The van der Waals surface area contributed by atoms with Crippen LogP contribution in [0.5, 0.6) is 0 Å². The van der Waals surface area contributed by atoms with E-state index in [2.05, 4.69) is 192 Å². The SMILES string of the molecule is CC1(C)c2oncc2C[C@]2(C)c3nn(-c4ccccc4)c(-c4ccccc4)c3CC[C@@H]12.[3H]C.[C-]#[N+]C1=C[C@]2(C)c3nn(-c4ccccc4)c(-c4ccccc4)c3CC[C@H]2C(C)(C)C1=O.[C-]#[N+]C1C[C@]2(C)c3nn(-c4ccccc4)c(-c4ccccc4)c3CC[C@H]2C(C)(C)C1=O. The molecule has 16 rings (SSSR count). The molecule has 1 fully saturated rings. The Morgan fingerprint density at radius 2 is 0.883 bits per heavy atom. The van der Waals surface area contributed by atoms with Crippen molar-refractivity contribution >= 4 is 11.6 Å². The molecule has 12 heteroatoms. The fourth-order valence-electron chi connectivity index (χ4n) is 18.3. The van der Waals surface area contributed by atoms with Crippen LogP contribution in [-0.4, -0.2) is 52.1 Å².